The fourth-order valence-electron chi connectivity index (χ4n) is 2.86. The van der Waals surface area contributed by atoms with Gasteiger partial charge in [-0.15, -0.1) is 4.80 Å². The Balaban J connectivity index is 1.57. The van der Waals surface area contributed by atoms with Crippen LogP contribution in [-0.4, -0.2) is 56.3 Å². The average Bonchev–Trinajstić information content (AvgIpc) is 3.25. The number of hydrogen-bond acceptors (Lipinski definition) is 6. The van der Waals surface area contributed by atoms with Crippen molar-refractivity contribution in [3.63, 3.8) is 0 Å². The Morgan fingerprint density at radius 1 is 1.28 bits per heavy atom. The molecule has 0 bridgehead atoms. The molecule has 3 heterocycles. The summed E-state index contributed by atoms with van der Waals surface area (Å²) >= 11 is 5.85. The zero-order chi connectivity index (χ0) is 20.6. The molecule has 2 aromatic rings. The van der Waals surface area contributed by atoms with Gasteiger partial charge in [-0.1, -0.05) is 17.7 Å². The molecule has 1 atom stereocenters. The number of nitrogens with zero attached hydrogens (tertiary/aromatic N) is 6. The Bertz CT molecular complexity index is 906. The van der Waals surface area contributed by atoms with Crippen molar-refractivity contribution in [2.45, 2.75) is 32.8 Å². The molecule has 0 aromatic carbocycles. The normalized spacial score (nSPS) is 18.3. The van der Waals surface area contributed by atoms with Crippen LogP contribution in [0.25, 0.3) is 0 Å². The van der Waals surface area contributed by atoms with Crippen molar-refractivity contribution in [1.29, 1.82) is 0 Å². The standard InChI is InChI=1S/C20H23ClN6O2/c1-15(5-6-16(2)23-14-27-24-9-10-25-27)20(28)26-11-3-4-18(13-26)29-19-8-7-17(21)12-22-19/h5-10,12,14,18H,3-4,11,13H2,1-2H3/b15-5+,16-6-,23-14+. The first-order valence-electron chi connectivity index (χ1n) is 9.34. The topological polar surface area (TPSA) is 85.5 Å². The number of likely N-dealkylation sites (tertiary alicyclic amines) is 1. The smallest absolute Gasteiger partial charge is 0.249 e. The minimum atomic E-state index is -0.0855. The number of allylic oxidation sites excluding steroid dienone is 3. The van der Waals surface area contributed by atoms with Crippen LogP contribution >= 0.6 is 11.6 Å². The van der Waals surface area contributed by atoms with E-state index < -0.39 is 0 Å². The number of ether oxygens (including phenoxy) is 1. The van der Waals surface area contributed by atoms with Crippen LogP contribution in [0.1, 0.15) is 26.7 Å². The second kappa shape index (κ2) is 9.97. The summed E-state index contributed by atoms with van der Waals surface area (Å²) in [5, 5.41) is 8.45. The summed E-state index contributed by atoms with van der Waals surface area (Å²) in [7, 11) is 0. The van der Waals surface area contributed by atoms with E-state index in [1.165, 1.54) is 11.1 Å². The molecular formula is C20H23ClN6O2. The maximum atomic E-state index is 12.8. The third-order valence-corrected chi connectivity index (χ3v) is 4.59. The molecule has 1 aliphatic heterocycles. The van der Waals surface area contributed by atoms with Crippen molar-refractivity contribution < 1.29 is 9.53 Å². The molecule has 1 aliphatic rings. The van der Waals surface area contributed by atoms with E-state index in [-0.39, 0.29) is 12.0 Å². The van der Waals surface area contributed by atoms with Crippen LogP contribution in [0, 0.1) is 0 Å². The lowest BCUT2D eigenvalue weighted by molar-refractivity contribution is -0.129. The number of aromatic nitrogens is 4. The van der Waals surface area contributed by atoms with Crippen molar-refractivity contribution in [2.24, 2.45) is 4.99 Å². The van der Waals surface area contributed by atoms with Crippen LogP contribution < -0.4 is 4.74 Å². The van der Waals surface area contributed by atoms with E-state index >= 15 is 0 Å². The highest BCUT2D eigenvalue weighted by molar-refractivity contribution is 6.30. The lowest BCUT2D eigenvalue weighted by atomic mass is 10.1. The van der Waals surface area contributed by atoms with Gasteiger partial charge in [0.2, 0.25) is 11.8 Å². The van der Waals surface area contributed by atoms with E-state index in [1.54, 1.807) is 49.8 Å². The summed E-state index contributed by atoms with van der Waals surface area (Å²) in [6, 6.07) is 3.48. The van der Waals surface area contributed by atoms with Gasteiger partial charge in [0.15, 0.2) is 0 Å². The summed E-state index contributed by atoms with van der Waals surface area (Å²) in [6.45, 7) is 4.89. The summed E-state index contributed by atoms with van der Waals surface area (Å²) in [5.74, 6) is 0.508. The molecule has 1 fully saturated rings. The summed E-state index contributed by atoms with van der Waals surface area (Å²) < 4.78 is 5.91. The molecule has 0 radical (unpaired) electrons. The zero-order valence-electron chi connectivity index (χ0n) is 16.4. The summed E-state index contributed by atoms with van der Waals surface area (Å²) in [5.41, 5.74) is 1.38. The van der Waals surface area contributed by atoms with Crippen molar-refractivity contribution in [3.8, 4) is 5.88 Å². The van der Waals surface area contributed by atoms with E-state index in [0.717, 1.165) is 18.5 Å². The van der Waals surface area contributed by atoms with Gasteiger partial charge in [-0.25, -0.2) is 9.98 Å². The highest BCUT2D eigenvalue weighted by Gasteiger charge is 2.25. The molecule has 29 heavy (non-hydrogen) atoms. The maximum Gasteiger partial charge on any atom is 0.249 e. The number of pyridine rings is 1. The van der Waals surface area contributed by atoms with Crippen LogP contribution in [0.5, 0.6) is 5.88 Å². The molecule has 0 spiro atoms. The molecule has 0 saturated carbocycles. The van der Waals surface area contributed by atoms with Gasteiger partial charge in [0, 0.05) is 30.1 Å². The van der Waals surface area contributed by atoms with Crippen LogP contribution in [0.3, 0.4) is 0 Å². The van der Waals surface area contributed by atoms with Gasteiger partial charge in [0.25, 0.3) is 0 Å². The first kappa shape index (κ1) is 20.7. The SMILES string of the molecule is CC(=C/C=C(\C)C(=O)N1CCCC(Oc2ccc(Cl)cn2)C1)/N=C/n1nccn1. The largest absolute Gasteiger partial charge is 0.472 e. The number of hydrogen-bond donors (Lipinski definition) is 0. The highest BCUT2D eigenvalue weighted by atomic mass is 35.5. The first-order chi connectivity index (χ1) is 14.0. The van der Waals surface area contributed by atoms with Crippen LogP contribution in [-0.2, 0) is 4.79 Å². The molecule has 8 nitrogen and oxygen atoms in total. The molecule has 9 heteroatoms. The fourth-order valence-corrected chi connectivity index (χ4v) is 2.97. The van der Waals surface area contributed by atoms with Crippen molar-refractivity contribution in [1.82, 2.24) is 24.9 Å². The van der Waals surface area contributed by atoms with Gasteiger partial charge in [0.05, 0.1) is 24.0 Å². The Morgan fingerprint density at radius 2 is 2.07 bits per heavy atom. The number of halogens is 1. The summed E-state index contributed by atoms with van der Waals surface area (Å²) in [4.78, 5) is 24.4. The molecule has 3 rings (SSSR count). The third-order valence-electron chi connectivity index (χ3n) is 4.37. The number of carbonyl (C=O) groups excluding carboxylic acids is 1. The van der Waals surface area contributed by atoms with Crippen molar-refractivity contribution in [3.05, 3.63) is 59.2 Å². The van der Waals surface area contributed by atoms with E-state index in [0.29, 0.717) is 29.6 Å². The lowest BCUT2D eigenvalue weighted by Gasteiger charge is -2.32. The van der Waals surface area contributed by atoms with Crippen LogP contribution in [0.15, 0.2) is 59.1 Å². The molecular weight excluding hydrogens is 392 g/mol. The minimum absolute atomic E-state index is 0.0101. The van der Waals surface area contributed by atoms with Crippen molar-refractivity contribution >= 4 is 23.8 Å². The highest BCUT2D eigenvalue weighted by Crippen LogP contribution is 2.19. The molecule has 2 aromatic heterocycles. The maximum absolute atomic E-state index is 12.8. The number of amides is 1. The van der Waals surface area contributed by atoms with Gasteiger partial charge >= 0.3 is 0 Å². The Morgan fingerprint density at radius 3 is 2.79 bits per heavy atom. The van der Waals surface area contributed by atoms with Gasteiger partial charge in [-0.2, -0.15) is 10.2 Å². The number of piperidine rings is 1. The number of carbonyl (C=O) groups is 1. The van der Waals surface area contributed by atoms with Gasteiger partial charge in [-0.05, 0) is 38.8 Å². The Kier molecular flexibility index (Phi) is 7.13. The molecule has 152 valence electrons. The lowest BCUT2D eigenvalue weighted by Crippen LogP contribution is -2.44. The first-order valence-corrected chi connectivity index (χ1v) is 9.72. The minimum Gasteiger partial charge on any atom is -0.472 e. The Labute approximate surface area is 174 Å². The molecule has 1 saturated heterocycles. The van der Waals surface area contributed by atoms with Gasteiger partial charge < -0.3 is 9.64 Å². The van der Waals surface area contributed by atoms with E-state index in [1.807, 2.05) is 11.8 Å². The molecule has 1 amide bonds. The number of rotatable bonds is 6. The average molecular weight is 415 g/mol. The predicted octanol–water partition coefficient (Wildman–Crippen LogP) is 3.12. The predicted molar refractivity (Wildman–Crippen MR) is 111 cm³/mol. The van der Waals surface area contributed by atoms with Gasteiger partial charge in [0.1, 0.15) is 12.4 Å². The monoisotopic (exact) mass is 414 g/mol. The van der Waals surface area contributed by atoms with E-state index in [4.69, 9.17) is 16.3 Å². The van der Waals surface area contributed by atoms with E-state index in [2.05, 4.69) is 20.2 Å². The van der Waals surface area contributed by atoms with Crippen molar-refractivity contribution in [2.75, 3.05) is 13.1 Å². The van der Waals surface area contributed by atoms with Crippen LogP contribution in [0.2, 0.25) is 5.02 Å². The second-order valence-corrected chi connectivity index (χ2v) is 7.14. The zero-order valence-corrected chi connectivity index (χ0v) is 17.2. The van der Waals surface area contributed by atoms with Gasteiger partial charge in [-0.3, -0.25) is 4.79 Å². The molecule has 1 unspecified atom stereocenters. The third kappa shape index (κ3) is 6.25. The number of aliphatic imine (C=N–C) groups is 1. The quantitative estimate of drug-likeness (QED) is 0.314. The van der Waals surface area contributed by atoms with E-state index in [9.17, 15) is 4.79 Å². The van der Waals surface area contributed by atoms with Crippen LogP contribution in [0.4, 0.5) is 0 Å². The molecule has 0 aliphatic carbocycles. The summed E-state index contributed by atoms with van der Waals surface area (Å²) in [6.07, 6.45) is 11.5. The Hall–Kier alpha value is -3.00. The second-order valence-electron chi connectivity index (χ2n) is 6.70. The fraction of sp³-hybridized carbons (Fsp3) is 0.350. The molecule has 0 N–H and O–H groups in total.